The van der Waals surface area contributed by atoms with Gasteiger partial charge in [-0.15, -0.1) is 0 Å². The Morgan fingerprint density at radius 2 is 1.74 bits per heavy atom. The third kappa shape index (κ3) is 5.53. The van der Waals surface area contributed by atoms with Gasteiger partial charge in [-0.25, -0.2) is 9.59 Å². The van der Waals surface area contributed by atoms with Crippen LogP contribution in [0.2, 0.25) is 0 Å². The van der Waals surface area contributed by atoms with Gasteiger partial charge in [-0.05, 0) is 37.3 Å². The fourth-order valence-electron chi connectivity index (χ4n) is 2.06. The second-order valence-corrected chi connectivity index (χ2v) is 5.41. The molecule has 1 atom stereocenters. The number of carbonyl (C=O) groups excluding carboxylic acids is 3. The minimum absolute atomic E-state index is 0.167. The summed E-state index contributed by atoms with van der Waals surface area (Å²) < 4.78 is 5.07. The topological polar surface area (TPSA) is 154 Å². The monoisotopic (exact) mass is 372 g/mol. The zero-order chi connectivity index (χ0) is 20.0. The number of nitrogens with two attached hydrogens (primary N) is 1. The zero-order valence-electron chi connectivity index (χ0n) is 14.2. The van der Waals surface area contributed by atoms with Gasteiger partial charge in [-0.3, -0.25) is 14.9 Å². The zero-order valence-corrected chi connectivity index (χ0v) is 14.2. The maximum Gasteiger partial charge on any atom is 0.338 e. The summed E-state index contributed by atoms with van der Waals surface area (Å²) in [6, 6.07) is 10.3. The number of urea groups is 1. The third-order valence-electron chi connectivity index (χ3n) is 3.37. The van der Waals surface area contributed by atoms with Crippen molar-refractivity contribution in [2.24, 2.45) is 5.73 Å². The van der Waals surface area contributed by atoms with Crippen LogP contribution in [0.4, 0.5) is 21.9 Å². The van der Waals surface area contributed by atoms with E-state index in [2.05, 4.69) is 10.6 Å². The summed E-state index contributed by atoms with van der Waals surface area (Å²) in [7, 11) is 0. The smallest absolute Gasteiger partial charge is 0.338 e. The van der Waals surface area contributed by atoms with Gasteiger partial charge in [-0.1, -0.05) is 6.07 Å². The number of hydrogen-bond donors (Lipinski definition) is 3. The predicted octanol–water partition coefficient (Wildman–Crippen LogP) is 2.27. The highest BCUT2D eigenvalue weighted by molar-refractivity contribution is 5.97. The Morgan fingerprint density at radius 1 is 1.07 bits per heavy atom. The standard InChI is InChI=1S/C17H16N4O6/c1-10(15(22)19-13-3-2-4-14(9-13)21(25)26)27-16(23)11-5-7-12(8-6-11)20-17(18)24/h2-10H,1H3,(H,19,22)(H3,18,20,24). The van der Waals surface area contributed by atoms with Gasteiger partial charge >= 0.3 is 12.0 Å². The Balaban J connectivity index is 1.97. The molecule has 0 aliphatic rings. The van der Waals surface area contributed by atoms with Gasteiger partial charge in [0.05, 0.1) is 10.5 Å². The number of benzene rings is 2. The van der Waals surface area contributed by atoms with E-state index in [0.29, 0.717) is 5.69 Å². The van der Waals surface area contributed by atoms with E-state index in [1.54, 1.807) is 0 Å². The highest BCUT2D eigenvalue weighted by atomic mass is 16.6. The lowest BCUT2D eigenvalue weighted by Crippen LogP contribution is -2.30. The number of nitrogens with zero attached hydrogens (tertiary/aromatic N) is 1. The summed E-state index contributed by atoms with van der Waals surface area (Å²) in [6.45, 7) is 1.37. The number of anilines is 2. The Bertz CT molecular complexity index is 881. The predicted molar refractivity (Wildman–Crippen MR) is 96.3 cm³/mol. The summed E-state index contributed by atoms with van der Waals surface area (Å²) in [5.74, 6) is -1.39. The molecule has 0 aromatic heterocycles. The number of primary amides is 1. The molecule has 0 bridgehead atoms. The molecule has 0 heterocycles. The van der Waals surface area contributed by atoms with Crippen LogP contribution in [0, 0.1) is 10.1 Å². The fraction of sp³-hybridized carbons (Fsp3) is 0.118. The van der Waals surface area contributed by atoms with Crippen LogP contribution in [0.25, 0.3) is 0 Å². The van der Waals surface area contributed by atoms with E-state index < -0.39 is 28.9 Å². The normalized spacial score (nSPS) is 11.1. The molecule has 10 heteroatoms. The van der Waals surface area contributed by atoms with Gasteiger partial charge in [0.2, 0.25) is 0 Å². The molecule has 2 aromatic carbocycles. The van der Waals surface area contributed by atoms with Crippen LogP contribution in [0.15, 0.2) is 48.5 Å². The number of nitro benzene ring substituents is 1. The van der Waals surface area contributed by atoms with Crippen molar-refractivity contribution in [1.82, 2.24) is 0 Å². The Morgan fingerprint density at radius 3 is 2.33 bits per heavy atom. The van der Waals surface area contributed by atoms with Gasteiger partial charge in [0.15, 0.2) is 6.10 Å². The van der Waals surface area contributed by atoms with E-state index in [-0.39, 0.29) is 16.9 Å². The summed E-state index contributed by atoms with van der Waals surface area (Å²) in [6.07, 6.45) is -1.14. The number of carbonyl (C=O) groups is 3. The summed E-state index contributed by atoms with van der Waals surface area (Å²) in [5, 5.41) is 15.5. The van der Waals surface area contributed by atoms with E-state index in [9.17, 15) is 24.5 Å². The van der Waals surface area contributed by atoms with Crippen LogP contribution < -0.4 is 16.4 Å². The first kappa shape index (κ1) is 19.4. The molecule has 2 aromatic rings. The molecule has 0 radical (unpaired) electrons. The lowest BCUT2D eigenvalue weighted by molar-refractivity contribution is -0.384. The third-order valence-corrected chi connectivity index (χ3v) is 3.37. The number of amides is 3. The fourth-order valence-corrected chi connectivity index (χ4v) is 2.06. The maximum absolute atomic E-state index is 12.1. The number of ether oxygens (including phenoxy) is 1. The van der Waals surface area contributed by atoms with Crippen molar-refractivity contribution in [2.75, 3.05) is 10.6 Å². The highest BCUT2D eigenvalue weighted by Gasteiger charge is 2.19. The molecule has 0 fully saturated rings. The average Bonchev–Trinajstić information content (AvgIpc) is 2.61. The molecule has 1 unspecified atom stereocenters. The molecular weight excluding hydrogens is 356 g/mol. The van der Waals surface area contributed by atoms with Crippen LogP contribution in [-0.4, -0.2) is 28.9 Å². The summed E-state index contributed by atoms with van der Waals surface area (Å²) in [4.78, 5) is 45.1. The number of non-ortho nitro benzene ring substituents is 1. The summed E-state index contributed by atoms with van der Waals surface area (Å²) in [5.41, 5.74) is 5.58. The second kappa shape index (κ2) is 8.43. The molecule has 0 aliphatic carbocycles. The molecular formula is C17H16N4O6. The Labute approximate surface area is 153 Å². The Kier molecular flexibility index (Phi) is 6.05. The van der Waals surface area contributed by atoms with Crippen molar-refractivity contribution in [1.29, 1.82) is 0 Å². The molecule has 140 valence electrons. The van der Waals surface area contributed by atoms with E-state index in [4.69, 9.17) is 10.5 Å². The largest absolute Gasteiger partial charge is 0.449 e. The van der Waals surface area contributed by atoms with E-state index in [1.165, 1.54) is 55.5 Å². The van der Waals surface area contributed by atoms with Crippen LogP contribution in [0.3, 0.4) is 0 Å². The van der Waals surface area contributed by atoms with E-state index in [1.807, 2.05) is 0 Å². The molecule has 0 aliphatic heterocycles. The first-order valence-electron chi connectivity index (χ1n) is 7.69. The lowest BCUT2D eigenvalue weighted by atomic mass is 10.2. The van der Waals surface area contributed by atoms with Crippen molar-refractivity contribution in [3.63, 3.8) is 0 Å². The van der Waals surface area contributed by atoms with Gasteiger partial charge < -0.3 is 21.1 Å². The molecule has 2 rings (SSSR count). The van der Waals surface area contributed by atoms with Crippen LogP contribution in [0.5, 0.6) is 0 Å². The van der Waals surface area contributed by atoms with Crippen molar-refractivity contribution >= 4 is 35.0 Å². The summed E-state index contributed by atoms with van der Waals surface area (Å²) >= 11 is 0. The number of rotatable bonds is 6. The van der Waals surface area contributed by atoms with E-state index >= 15 is 0 Å². The highest BCUT2D eigenvalue weighted by Crippen LogP contribution is 2.17. The molecule has 0 spiro atoms. The van der Waals surface area contributed by atoms with Crippen LogP contribution >= 0.6 is 0 Å². The van der Waals surface area contributed by atoms with Gasteiger partial charge in [0, 0.05) is 23.5 Å². The number of nitro groups is 1. The molecule has 27 heavy (non-hydrogen) atoms. The molecule has 10 nitrogen and oxygen atoms in total. The first-order valence-corrected chi connectivity index (χ1v) is 7.69. The van der Waals surface area contributed by atoms with Crippen LogP contribution in [-0.2, 0) is 9.53 Å². The number of nitrogens with one attached hydrogen (secondary N) is 2. The van der Waals surface area contributed by atoms with E-state index in [0.717, 1.165) is 0 Å². The van der Waals surface area contributed by atoms with Gasteiger partial charge in [0.1, 0.15) is 0 Å². The Hall–Kier alpha value is -3.95. The maximum atomic E-state index is 12.1. The minimum Gasteiger partial charge on any atom is -0.449 e. The van der Waals surface area contributed by atoms with Gasteiger partial charge in [0.25, 0.3) is 11.6 Å². The van der Waals surface area contributed by atoms with Crippen LogP contribution in [0.1, 0.15) is 17.3 Å². The van der Waals surface area contributed by atoms with Crippen molar-refractivity contribution in [2.45, 2.75) is 13.0 Å². The van der Waals surface area contributed by atoms with Gasteiger partial charge in [-0.2, -0.15) is 0 Å². The first-order chi connectivity index (χ1) is 12.8. The molecule has 0 saturated carbocycles. The lowest BCUT2D eigenvalue weighted by Gasteiger charge is -2.13. The second-order valence-electron chi connectivity index (χ2n) is 5.41. The van der Waals surface area contributed by atoms with Crippen molar-refractivity contribution < 1.29 is 24.0 Å². The molecule has 3 amide bonds. The minimum atomic E-state index is -1.14. The average molecular weight is 372 g/mol. The number of esters is 1. The number of hydrogen-bond acceptors (Lipinski definition) is 6. The SMILES string of the molecule is CC(OC(=O)c1ccc(NC(N)=O)cc1)C(=O)Nc1cccc([N+](=O)[O-])c1. The molecule has 4 N–H and O–H groups in total. The van der Waals surface area contributed by atoms with Crippen molar-refractivity contribution in [3.05, 3.63) is 64.2 Å². The quantitative estimate of drug-likeness (QED) is 0.401. The molecule has 0 saturated heterocycles. The van der Waals surface area contributed by atoms with Crippen molar-refractivity contribution in [3.8, 4) is 0 Å².